The maximum absolute atomic E-state index is 14.8. The number of carbonyl (C=O) groups is 1. The van der Waals surface area contributed by atoms with Crippen LogP contribution in [-0.4, -0.2) is 47.0 Å². The number of nitrogens with zero attached hydrogens (tertiary/aromatic N) is 3. The van der Waals surface area contributed by atoms with Crippen molar-refractivity contribution >= 4 is 40.3 Å². The Bertz CT molecular complexity index is 900. The third kappa shape index (κ3) is 3.98. The minimum Gasteiger partial charge on any atom is -0.442 e. The maximum atomic E-state index is 14.8. The van der Waals surface area contributed by atoms with Crippen LogP contribution in [0.5, 0.6) is 0 Å². The van der Waals surface area contributed by atoms with E-state index in [1.165, 1.54) is 22.3 Å². The summed E-state index contributed by atoms with van der Waals surface area (Å²) >= 11 is 6.36. The molecule has 0 aliphatic carbocycles. The highest BCUT2D eigenvalue weighted by Gasteiger charge is 2.32. The van der Waals surface area contributed by atoms with Crippen molar-refractivity contribution in [3.63, 3.8) is 0 Å². The molecule has 3 heterocycles. The van der Waals surface area contributed by atoms with Crippen molar-refractivity contribution < 1.29 is 13.9 Å². The van der Waals surface area contributed by atoms with Gasteiger partial charge in [-0.3, -0.25) is 4.90 Å². The summed E-state index contributed by atoms with van der Waals surface area (Å²) in [4.78, 5) is 14.2. The second-order valence-corrected chi connectivity index (χ2v) is 8.43. The van der Waals surface area contributed by atoms with Crippen LogP contribution in [0.15, 0.2) is 18.2 Å². The first kappa shape index (κ1) is 19.2. The van der Waals surface area contributed by atoms with Crippen molar-refractivity contribution in [3.05, 3.63) is 29.0 Å². The number of cyclic esters (lactones) is 1. The summed E-state index contributed by atoms with van der Waals surface area (Å²) in [5, 5.41) is 16.1. The van der Waals surface area contributed by atoms with Crippen LogP contribution in [0.3, 0.4) is 0 Å². The summed E-state index contributed by atoms with van der Waals surface area (Å²) in [6, 6.07) is 4.88. The average molecular weight is 422 g/mol. The molecular weight excluding hydrogens is 401 g/mol. The molecule has 7 nitrogen and oxygen atoms in total. The number of halogens is 1. The number of hydrogen-bond acceptors (Lipinski definition) is 7. The lowest BCUT2D eigenvalue weighted by molar-refractivity contribution is 0.143. The van der Waals surface area contributed by atoms with E-state index in [2.05, 4.69) is 20.8 Å². The van der Waals surface area contributed by atoms with E-state index in [4.69, 9.17) is 17.0 Å². The first-order valence-electron chi connectivity index (χ1n) is 9.10. The van der Waals surface area contributed by atoms with Crippen LogP contribution < -0.4 is 15.5 Å². The molecule has 1 aromatic heterocycles. The topological polar surface area (TPSA) is 79.4 Å². The molecule has 2 N–H and O–H groups in total. The Morgan fingerprint density at radius 2 is 2.36 bits per heavy atom. The van der Waals surface area contributed by atoms with E-state index < -0.39 is 11.9 Å². The molecule has 1 aromatic carbocycles. The number of rotatable bonds is 5. The fourth-order valence-electron chi connectivity index (χ4n) is 3.32. The van der Waals surface area contributed by atoms with Gasteiger partial charge in [0.05, 0.1) is 29.8 Å². The van der Waals surface area contributed by atoms with Crippen molar-refractivity contribution in [1.29, 1.82) is 0 Å². The van der Waals surface area contributed by atoms with Crippen molar-refractivity contribution in [3.8, 4) is 10.6 Å². The molecule has 10 heteroatoms. The lowest BCUT2D eigenvalue weighted by Gasteiger charge is -2.14. The Balaban J connectivity index is 1.49. The first-order valence-corrected chi connectivity index (χ1v) is 10.3. The monoisotopic (exact) mass is 421 g/mol. The molecule has 0 unspecified atom stereocenters. The van der Waals surface area contributed by atoms with Gasteiger partial charge < -0.3 is 15.4 Å². The molecule has 0 radical (unpaired) electrons. The zero-order valence-corrected chi connectivity index (χ0v) is 16.9. The third-order valence-corrected chi connectivity index (χ3v) is 5.96. The van der Waals surface area contributed by atoms with Crippen LogP contribution in [0.4, 0.5) is 14.9 Å². The van der Waals surface area contributed by atoms with E-state index in [1.807, 2.05) is 0 Å². The predicted molar refractivity (Wildman–Crippen MR) is 109 cm³/mol. The van der Waals surface area contributed by atoms with Gasteiger partial charge in [-0.2, -0.15) is 0 Å². The van der Waals surface area contributed by atoms with Crippen LogP contribution >= 0.6 is 23.6 Å². The van der Waals surface area contributed by atoms with Gasteiger partial charge in [0.15, 0.2) is 5.01 Å². The highest BCUT2D eigenvalue weighted by molar-refractivity contribution is 7.80. The smallest absolute Gasteiger partial charge is 0.414 e. The van der Waals surface area contributed by atoms with Gasteiger partial charge in [0.25, 0.3) is 0 Å². The summed E-state index contributed by atoms with van der Waals surface area (Å²) in [6.45, 7) is 3.50. The van der Waals surface area contributed by atoms with Crippen LogP contribution in [0.25, 0.3) is 10.6 Å². The lowest BCUT2D eigenvalue weighted by atomic mass is 10.2. The van der Waals surface area contributed by atoms with Crippen LogP contribution in [-0.2, 0) is 4.74 Å². The van der Waals surface area contributed by atoms with E-state index >= 15 is 0 Å². The number of hydrogen-bond donors (Lipinski definition) is 2. The number of aromatic nitrogens is 2. The van der Waals surface area contributed by atoms with Crippen LogP contribution in [0.2, 0.25) is 0 Å². The molecule has 2 atom stereocenters. The standard InChI is InChI=1S/C18H20FN5O2S2/c1-10(27)21-8-12-9-24(18(25)26-12)11-4-5-13(14(19)7-11)16-22-23-17(28-16)15-3-2-6-20-15/h4-5,7,12,15,20H,2-3,6,8-9H2,1H3,(H,21,27)/t12-,15-/m0/s1. The Kier molecular flexibility index (Phi) is 5.51. The zero-order valence-electron chi connectivity index (χ0n) is 15.3. The molecule has 2 fully saturated rings. The summed E-state index contributed by atoms with van der Waals surface area (Å²) in [6.07, 6.45) is 1.30. The van der Waals surface area contributed by atoms with Crippen molar-refractivity contribution in [1.82, 2.24) is 20.8 Å². The quantitative estimate of drug-likeness (QED) is 0.719. The number of amides is 1. The largest absolute Gasteiger partial charge is 0.442 e. The minimum atomic E-state index is -0.494. The molecule has 1 amide bonds. The van der Waals surface area contributed by atoms with Gasteiger partial charge >= 0.3 is 6.09 Å². The summed E-state index contributed by atoms with van der Waals surface area (Å²) in [5.74, 6) is -0.441. The fourth-order valence-corrected chi connectivity index (χ4v) is 4.38. The lowest BCUT2D eigenvalue weighted by Crippen LogP contribution is -2.32. The maximum Gasteiger partial charge on any atom is 0.414 e. The Labute approximate surface area is 171 Å². The normalized spacial score (nSPS) is 21.8. The van der Waals surface area contributed by atoms with Gasteiger partial charge in [-0.05, 0) is 44.5 Å². The van der Waals surface area contributed by atoms with E-state index in [0.717, 1.165) is 24.4 Å². The molecule has 0 saturated carbocycles. The molecule has 2 saturated heterocycles. The zero-order chi connectivity index (χ0) is 19.7. The number of carbonyl (C=O) groups excluding carboxylic acids is 1. The Morgan fingerprint density at radius 1 is 1.50 bits per heavy atom. The number of nitrogens with one attached hydrogen (secondary N) is 2. The second kappa shape index (κ2) is 8.06. The number of ether oxygens (including phenoxy) is 1. The number of thiocarbonyl (C=S) groups is 1. The van der Waals surface area contributed by atoms with E-state index in [9.17, 15) is 9.18 Å². The minimum absolute atomic E-state index is 0.203. The van der Waals surface area contributed by atoms with E-state index in [0.29, 0.717) is 34.3 Å². The number of anilines is 1. The van der Waals surface area contributed by atoms with Gasteiger partial charge in [0.2, 0.25) is 0 Å². The Hall–Kier alpha value is -2.17. The predicted octanol–water partition coefficient (Wildman–Crippen LogP) is 3.03. The molecule has 4 rings (SSSR count). The highest BCUT2D eigenvalue weighted by Crippen LogP contribution is 2.33. The van der Waals surface area contributed by atoms with Crippen molar-refractivity contribution in [2.75, 3.05) is 24.5 Å². The average Bonchev–Trinajstić information content (AvgIpc) is 3.40. The molecule has 0 spiro atoms. The number of benzene rings is 1. The molecule has 2 aliphatic heterocycles. The first-order chi connectivity index (χ1) is 13.5. The van der Waals surface area contributed by atoms with Crippen molar-refractivity contribution in [2.24, 2.45) is 0 Å². The molecule has 2 aliphatic rings. The Morgan fingerprint density at radius 3 is 3.07 bits per heavy atom. The molecule has 148 valence electrons. The highest BCUT2D eigenvalue weighted by atomic mass is 32.1. The van der Waals surface area contributed by atoms with Crippen LogP contribution in [0, 0.1) is 5.82 Å². The summed E-state index contributed by atoms with van der Waals surface area (Å²) in [5.41, 5.74) is 0.836. The van der Waals surface area contributed by atoms with Crippen molar-refractivity contribution in [2.45, 2.75) is 31.9 Å². The van der Waals surface area contributed by atoms with Gasteiger partial charge in [0.1, 0.15) is 16.9 Å². The van der Waals surface area contributed by atoms with Gasteiger partial charge in [0, 0.05) is 5.56 Å². The van der Waals surface area contributed by atoms with E-state index in [1.54, 1.807) is 19.1 Å². The SMILES string of the molecule is CC(=S)NC[C@H]1CN(c2ccc(-c3nnc([C@@H]4CCCN4)s3)c(F)c2)C(=O)O1. The molecule has 28 heavy (non-hydrogen) atoms. The molecule has 0 bridgehead atoms. The van der Waals surface area contributed by atoms with E-state index in [-0.39, 0.29) is 12.1 Å². The molecular formula is C18H20FN5O2S2. The summed E-state index contributed by atoms with van der Waals surface area (Å²) < 4.78 is 20.1. The summed E-state index contributed by atoms with van der Waals surface area (Å²) in [7, 11) is 0. The van der Waals surface area contributed by atoms with Gasteiger partial charge in [-0.25, -0.2) is 9.18 Å². The third-order valence-electron chi connectivity index (χ3n) is 4.75. The molecule has 2 aromatic rings. The fraction of sp³-hybridized carbons (Fsp3) is 0.444. The van der Waals surface area contributed by atoms with Gasteiger partial charge in [-0.1, -0.05) is 23.6 Å². The second-order valence-electron chi connectivity index (χ2n) is 6.81. The van der Waals surface area contributed by atoms with Crippen LogP contribution in [0.1, 0.15) is 30.8 Å². The van der Waals surface area contributed by atoms with Gasteiger partial charge in [-0.15, -0.1) is 10.2 Å².